The molecule has 1 rings (SSSR count). The number of carbonyl (C=O) groups excluding carboxylic acids is 1. The van der Waals surface area contributed by atoms with Gasteiger partial charge in [-0.15, -0.1) is 0 Å². The molecule has 0 saturated heterocycles. The zero-order chi connectivity index (χ0) is 10.8. The number of ether oxygens (including phenoxy) is 1. The third-order valence-electron chi connectivity index (χ3n) is 1.60. The van der Waals surface area contributed by atoms with E-state index in [4.69, 9.17) is 40.9 Å². The second-order valence-electron chi connectivity index (χ2n) is 2.70. The molecule has 74 valence electrons. The Bertz CT molecular complexity index is 260. The van der Waals surface area contributed by atoms with Gasteiger partial charge in [-0.1, -0.05) is 40.9 Å². The molecule has 1 aliphatic rings. The number of esters is 1. The topological polar surface area (TPSA) is 26.3 Å². The van der Waals surface area contributed by atoms with E-state index in [0.717, 1.165) is 6.42 Å². The lowest BCUT2D eigenvalue weighted by molar-refractivity contribution is -0.146. The maximum absolute atomic E-state index is 11.1. The zero-order valence-corrected chi connectivity index (χ0v) is 8.99. The molecule has 0 radical (unpaired) electrons. The molecule has 0 N–H and O–H groups in total. The fourth-order valence-corrected chi connectivity index (χ4v) is 1.13. The standard InChI is InChI=1S/C8H9Cl3O2/c9-8(10,11)7(12)13-6-4-2-1-3-5-6/h2,4,6H,1,3,5H2/i2D. The minimum Gasteiger partial charge on any atom is -0.455 e. The Balaban J connectivity index is 2.53. The third-order valence-corrected chi connectivity index (χ3v) is 2.07. The van der Waals surface area contributed by atoms with Crippen molar-refractivity contribution in [2.24, 2.45) is 0 Å². The highest BCUT2D eigenvalue weighted by Gasteiger charge is 2.34. The Labute approximate surface area is 93.2 Å². The van der Waals surface area contributed by atoms with Crippen molar-refractivity contribution in [3.8, 4) is 0 Å². The van der Waals surface area contributed by atoms with Crippen LogP contribution in [0.25, 0.3) is 0 Å². The molecule has 2 nitrogen and oxygen atoms in total. The summed E-state index contributed by atoms with van der Waals surface area (Å²) in [4.78, 5) is 11.1. The average molecular weight is 245 g/mol. The van der Waals surface area contributed by atoms with Gasteiger partial charge in [-0.3, -0.25) is 0 Å². The summed E-state index contributed by atoms with van der Waals surface area (Å²) in [5, 5.41) is 0. The molecule has 5 heteroatoms. The molecule has 0 amide bonds. The van der Waals surface area contributed by atoms with Gasteiger partial charge < -0.3 is 4.74 Å². The summed E-state index contributed by atoms with van der Waals surface area (Å²) >= 11 is 16.0. The van der Waals surface area contributed by atoms with Gasteiger partial charge in [-0.25, -0.2) is 4.79 Å². The fraction of sp³-hybridized carbons (Fsp3) is 0.625. The summed E-state index contributed by atoms with van der Waals surface area (Å²) < 4.78 is 10.2. The zero-order valence-electron chi connectivity index (χ0n) is 7.73. The quantitative estimate of drug-likeness (QED) is 0.403. The number of alkyl halides is 3. The van der Waals surface area contributed by atoms with Crippen molar-refractivity contribution in [1.82, 2.24) is 0 Å². The number of hydrogen-bond donors (Lipinski definition) is 0. The summed E-state index contributed by atoms with van der Waals surface area (Å²) in [5.41, 5.74) is 0. The highest BCUT2D eigenvalue weighted by molar-refractivity contribution is 6.75. The van der Waals surface area contributed by atoms with Crippen LogP contribution in [0.5, 0.6) is 0 Å². The summed E-state index contributed by atoms with van der Waals surface area (Å²) in [7, 11) is 0. The molecule has 0 aromatic heterocycles. The van der Waals surface area contributed by atoms with E-state index in [1.807, 2.05) is 0 Å². The molecule has 0 aliphatic heterocycles. The summed E-state index contributed by atoms with van der Waals surface area (Å²) in [5.74, 6) is -0.890. The molecule has 0 saturated carbocycles. The highest BCUT2D eigenvalue weighted by atomic mass is 35.6. The predicted octanol–water partition coefficient (Wildman–Crippen LogP) is 3.01. The second kappa shape index (κ2) is 4.54. The van der Waals surface area contributed by atoms with Crippen LogP contribution in [0, 0.1) is 0 Å². The van der Waals surface area contributed by atoms with E-state index in [2.05, 4.69) is 0 Å². The van der Waals surface area contributed by atoms with Gasteiger partial charge in [0.1, 0.15) is 6.10 Å². The first-order valence-corrected chi connectivity index (χ1v) is 4.98. The Morgan fingerprint density at radius 1 is 1.62 bits per heavy atom. The maximum atomic E-state index is 11.1. The van der Waals surface area contributed by atoms with Gasteiger partial charge in [0.15, 0.2) is 0 Å². The molecule has 1 aliphatic carbocycles. The van der Waals surface area contributed by atoms with Crippen LogP contribution in [0.1, 0.15) is 20.6 Å². The normalized spacial score (nSPS) is 24.7. The summed E-state index contributed by atoms with van der Waals surface area (Å²) in [6, 6.07) is 0.457. The molecule has 0 spiro atoms. The molecule has 0 aromatic carbocycles. The van der Waals surface area contributed by atoms with Crippen molar-refractivity contribution < 1.29 is 10.9 Å². The largest absolute Gasteiger partial charge is 0.455 e. The van der Waals surface area contributed by atoms with Gasteiger partial charge in [0.05, 0.1) is 1.37 Å². The lowest BCUT2D eigenvalue weighted by atomic mass is 10.1. The Hall–Kier alpha value is 0.0800. The third kappa shape index (κ3) is 3.75. The first kappa shape index (κ1) is 9.63. The number of halogens is 3. The minimum absolute atomic E-state index is 0.431. The smallest absolute Gasteiger partial charge is 0.359 e. The number of carbonyl (C=O) groups is 1. The van der Waals surface area contributed by atoms with Crippen molar-refractivity contribution in [2.75, 3.05) is 0 Å². The number of allylic oxidation sites excluding steroid dienone is 1. The van der Waals surface area contributed by atoms with Crippen molar-refractivity contribution in [3.63, 3.8) is 0 Å². The predicted molar refractivity (Wildman–Crippen MR) is 53.2 cm³/mol. The molecule has 0 fully saturated rings. The van der Waals surface area contributed by atoms with Gasteiger partial charge in [0.25, 0.3) is 3.79 Å². The van der Waals surface area contributed by atoms with Crippen molar-refractivity contribution in [3.05, 3.63) is 12.1 Å². The van der Waals surface area contributed by atoms with Crippen LogP contribution in [0.3, 0.4) is 0 Å². The van der Waals surface area contributed by atoms with E-state index >= 15 is 0 Å². The molecule has 1 unspecified atom stereocenters. The fourth-order valence-electron chi connectivity index (χ4n) is 1.00. The molecule has 0 heterocycles. The average Bonchev–Trinajstić information content (AvgIpc) is 2.02. The molecular weight excluding hydrogens is 234 g/mol. The van der Waals surface area contributed by atoms with Crippen LogP contribution >= 0.6 is 34.8 Å². The van der Waals surface area contributed by atoms with Gasteiger partial charge >= 0.3 is 5.97 Å². The molecule has 13 heavy (non-hydrogen) atoms. The van der Waals surface area contributed by atoms with Crippen LogP contribution in [-0.2, 0) is 9.53 Å². The molecule has 0 bridgehead atoms. The van der Waals surface area contributed by atoms with E-state index < -0.39 is 15.9 Å². The first-order chi connectivity index (χ1) is 6.39. The number of rotatable bonds is 1. The van der Waals surface area contributed by atoms with Crippen LogP contribution in [0.15, 0.2) is 12.1 Å². The summed E-state index contributed by atoms with van der Waals surface area (Å²) in [6.45, 7) is 0. The van der Waals surface area contributed by atoms with E-state index in [0.29, 0.717) is 18.9 Å². The monoisotopic (exact) mass is 243 g/mol. The SMILES string of the molecule is [2H]C1=CC(OC(=O)C(Cl)(Cl)Cl)CCC1. The highest BCUT2D eigenvalue weighted by Crippen LogP contribution is 2.29. The van der Waals surface area contributed by atoms with E-state index in [-0.39, 0.29) is 0 Å². The Morgan fingerprint density at radius 2 is 2.31 bits per heavy atom. The molecule has 1 atom stereocenters. The van der Waals surface area contributed by atoms with Gasteiger partial charge in [0, 0.05) is 0 Å². The van der Waals surface area contributed by atoms with Crippen LogP contribution in [0.2, 0.25) is 0 Å². The second-order valence-corrected chi connectivity index (χ2v) is 4.99. The van der Waals surface area contributed by atoms with Crippen LogP contribution in [-0.4, -0.2) is 15.9 Å². The van der Waals surface area contributed by atoms with Crippen molar-refractivity contribution >= 4 is 40.8 Å². The van der Waals surface area contributed by atoms with Gasteiger partial charge in [0.2, 0.25) is 0 Å². The van der Waals surface area contributed by atoms with Gasteiger partial charge in [-0.2, -0.15) is 0 Å². The minimum atomic E-state index is -2.03. The van der Waals surface area contributed by atoms with Gasteiger partial charge in [-0.05, 0) is 25.3 Å². The Morgan fingerprint density at radius 3 is 2.85 bits per heavy atom. The summed E-state index contributed by atoms with van der Waals surface area (Å²) in [6.07, 6.45) is 3.33. The Kier molecular flexibility index (Phi) is 3.36. The van der Waals surface area contributed by atoms with Crippen LogP contribution < -0.4 is 0 Å². The lowest BCUT2D eigenvalue weighted by Gasteiger charge is -2.19. The molecular formula is C8H9Cl3O2. The van der Waals surface area contributed by atoms with E-state index in [9.17, 15) is 4.79 Å². The van der Waals surface area contributed by atoms with E-state index in [1.165, 1.54) is 0 Å². The lowest BCUT2D eigenvalue weighted by Crippen LogP contribution is -2.27. The molecule has 0 aromatic rings. The van der Waals surface area contributed by atoms with Crippen molar-refractivity contribution in [2.45, 2.75) is 29.2 Å². The first-order valence-electron chi connectivity index (χ1n) is 4.34. The van der Waals surface area contributed by atoms with Crippen molar-refractivity contribution in [1.29, 1.82) is 0 Å². The number of hydrogen-bond acceptors (Lipinski definition) is 2. The van der Waals surface area contributed by atoms with E-state index in [1.54, 1.807) is 6.08 Å². The maximum Gasteiger partial charge on any atom is 0.359 e. The van der Waals surface area contributed by atoms with Crippen LogP contribution in [0.4, 0.5) is 0 Å².